The number of thioether (sulfide) groups is 1. The molecule has 1 atom stereocenters. The van der Waals surface area contributed by atoms with Gasteiger partial charge in [0.25, 0.3) is 0 Å². The van der Waals surface area contributed by atoms with Crippen molar-refractivity contribution in [3.63, 3.8) is 0 Å². The molecule has 4 aromatic rings. The summed E-state index contributed by atoms with van der Waals surface area (Å²) in [6.07, 6.45) is 0.758. The van der Waals surface area contributed by atoms with Crippen LogP contribution in [0.1, 0.15) is 24.0 Å². The molecule has 2 aromatic carbocycles. The summed E-state index contributed by atoms with van der Waals surface area (Å²) in [4.78, 5) is 28.2. The molecular weight excluding hydrogens is 499 g/mol. The number of nitrogens with one attached hydrogen (secondary N) is 2. The van der Waals surface area contributed by atoms with E-state index in [0.29, 0.717) is 35.8 Å². The van der Waals surface area contributed by atoms with Crippen molar-refractivity contribution >= 4 is 34.5 Å². The second-order valence-corrected chi connectivity index (χ2v) is 9.95. The maximum Gasteiger partial charge on any atom is 0.416 e. The molecule has 1 amide bonds. The molecule has 0 radical (unpaired) electrons. The number of nitrogens with zero attached hydrogens (tertiary/aromatic N) is 3. The standard InChI is InChI=1S/C27H26F3N5OS/c1-37-21-10-4-17(5-11-21)14-31-26(36)19-3-2-12-35(15-19)25-22-13-23(34-24(22)32-16-33-25)18-6-8-20(9-7-18)27(28,29)30/h4-11,13,16,19H,2-3,12,14-15H2,1H3,(H,31,36)(H,32,33,34)/t19-/m0/s1. The van der Waals surface area contributed by atoms with Crippen LogP contribution in [-0.2, 0) is 17.5 Å². The molecule has 2 N–H and O–H groups in total. The van der Waals surface area contributed by atoms with Gasteiger partial charge in [0.2, 0.25) is 5.91 Å². The Hall–Kier alpha value is -3.53. The van der Waals surface area contributed by atoms with Gasteiger partial charge in [-0.25, -0.2) is 9.97 Å². The number of amides is 1. The monoisotopic (exact) mass is 525 g/mol. The van der Waals surface area contributed by atoms with Gasteiger partial charge in [-0.2, -0.15) is 13.2 Å². The van der Waals surface area contributed by atoms with E-state index in [1.54, 1.807) is 11.8 Å². The Morgan fingerprint density at radius 3 is 2.59 bits per heavy atom. The Morgan fingerprint density at radius 2 is 1.89 bits per heavy atom. The summed E-state index contributed by atoms with van der Waals surface area (Å²) in [6.45, 7) is 1.77. The second-order valence-electron chi connectivity index (χ2n) is 9.07. The topological polar surface area (TPSA) is 73.9 Å². The quantitative estimate of drug-likeness (QED) is 0.307. The zero-order valence-corrected chi connectivity index (χ0v) is 21.0. The summed E-state index contributed by atoms with van der Waals surface area (Å²) in [5.41, 5.74) is 2.24. The number of H-pyrrole nitrogens is 1. The van der Waals surface area contributed by atoms with E-state index >= 15 is 0 Å². The summed E-state index contributed by atoms with van der Waals surface area (Å²) in [5, 5.41) is 3.84. The van der Waals surface area contributed by atoms with Gasteiger partial charge in [-0.3, -0.25) is 4.79 Å². The van der Waals surface area contributed by atoms with Crippen molar-refractivity contribution in [1.82, 2.24) is 20.3 Å². The zero-order chi connectivity index (χ0) is 26.0. The number of aromatic nitrogens is 3. The Labute approximate surface area is 216 Å². The molecule has 1 saturated heterocycles. The van der Waals surface area contributed by atoms with E-state index in [9.17, 15) is 18.0 Å². The van der Waals surface area contributed by atoms with Gasteiger partial charge in [-0.15, -0.1) is 11.8 Å². The van der Waals surface area contributed by atoms with E-state index in [4.69, 9.17) is 0 Å². The highest BCUT2D eigenvalue weighted by molar-refractivity contribution is 7.98. The summed E-state index contributed by atoms with van der Waals surface area (Å²) in [5.74, 6) is 0.561. The van der Waals surface area contributed by atoms with Gasteiger partial charge < -0.3 is 15.2 Å². The Bertz CT molecular complexity index is 1390. The summed E-state index contributed by atoms with van der Waals surface area (Å²) < 4.78 is 38.8. The molecule has 1 aliphatic rings. The number of hydrogen-bond donors (Lipinski definition) is 2. The molecule has 1 aliphatic heterocycles. The number of alkyl halides is 3. The Morgan fingerprint density at radius 1 is 1.14 bits per heavy atom. The molecule has 37 heavy (non-hydrogen) atoms. The van der Waals surface area contributed by atoms with E-state index in [-0.39, 0.29) is 11.8 Å². The van der Waals surface area contributed by atoms with Gasteiger partial charge in [0, 0.05) is 30.2 Å². The lowest BCUT2D eigenvalue weighted by Crippen LogP contribution is -2.43. The van der Waals surface area contributed by atoms with Crippen LogP contribution in [0.3, 0.4) is 0 Å². The highest BCUT2D eigenvalue weighted by Gasteiger charge is 2.30. The molecular formula is C27H26F3N5OS. The third-order valence-electron chi connectivity index (χ3n) is 6.65. The zero-order valence-electron chi connectivity index (χ0n) is 20.2. The minimum Gasteiger partial charge on any atom is -0.355 e. The van der Waals surface area contributed by atoms with E-state index in [1.807, 2.05) is 36.6 Å². The number of aromatic amines is 1. The number of carbonyl (C=O) groups excluding carboxylic acids is 1. The maximum absolute atomic E-state index is 13.0. The molecule has 5 rings (SSSR count). The van der Waals surface area contributed by atoms with E-state index < -0.39 is 11.7 Å². The van der Waals surface area contributed by atoms with E-state index in [2.05, 4.69) is 25.2 Å². The molecule has 0 spiro atoms. The first-order valence-corrected chi connectivity index (χ1v) is 13.2. The van der Waals surface area contributed by atoms with Crippen LogP contribution < -0.4 is 10.2 Å². The molecule has 6 nitrogen and oxygen atoms in total. The molecule has 10 heteroatoms. The largest absolute Gasteiger partial charge is 0.416 e. The van der Waals surface area contributed by atoms with Gasteiger partial charge >= 0.3 is 6.18 Å². The van der Waals surface area contributed by atoms with Crippen LogP contribution >= 0.6 is 11.8 Å². The Kier molecular flexibility index (Phi) is 7.10. The molecule has 2 aromatic heterocycles. The van der Waals surface area contributed by atoms with E-state index in [0.717, 1.165) is 42.5 Å². The third-order valence-corrected chi connectivity index (χ3v) is 7.39. The SMILES string of the molecule is CSc1ccc(CNC(=O)[C@H]2CCCN(c3ncnc4[nH]c(-c5ccc(C(F)(F)F)cc5)cc34)C2)cc1. The number of piperidine rings is 1. The van der Waals surface area contributed by atoms with Crippen molar-refractivity contribution in [1.29, 1.82) is 0 Å². The fourth-order valence-corrected chi connectivity index (χ4v) is 5.04. The smallest absolute Gasteiger partial charge is 0.355 e. The molecule has 0 bridgehead atoms. The van der Waals surface area contributed by atoms with Crippen molar-refractivity contribution in [2.45, 2.75) is 30.5 Å². The fraction of sp³-hybridized carbons (Fsp3) is 0.296. The maximum atomic E-state index is 13.0. The first kappa shape index (κ1) is 25.1. The number of rotatable bonds is 6. The van der Waals surface area contributed by atoms with Crippen molar-refractivity contribution in [2.24, 2.45) is 5.92 Å². The average Bonchev–Trinajstić information content (AvgIpc) is 3.36. The minimum atomic E-state index is -4.38. The molecule has 1 fully saturated rings. The summed E-state index contributed by atoms with van der Waals surface area (Å²) in [6, 6.07) is 15.0. The molecule has 0 aliphatic carbocycles. The second kappa shape index (κ2) is 10.5. The first-order chi connectivity index (χ1) is 17.8. The number of carbonyl (C=O) groups is 1. The van der Waals surface area contributed by atoms with Crippen LogP contribution in [0.15, 0.2) is 65.8 Å². The first-order valence-electron chi connectivity index (χ1n) is 12.0. The molecule has 192 valence electrons. The average molecular weight is 526 g/mol. The minimum absolute atomic E-state index is 0.0171. The highest BCUT2D eigenvalue weighted by atomic mass is 32.2. The molecule has 3 heterocycles. The number of halogens is 3. The predicted molar refractivity (Wildman–Crippen MR) is 139 cm³/mol. The number of anilines is 1. The molecule has 0 saturated carbocycles. The van der Waals surface area contributed by atoms with Crippen LogP contribution in [0.2, 0.25) is 0 Å². The van der Waals surface area contributed by atoms with Crippen LogP contribution in [0.4, 0.5) is 19.0 Å². The lowest BCUT2D eigenvalue weighted by molar-refractivity contribution is -0.137. The third kappa shape index (κ3) is 5.58. The normalized spacial score (nSPS) is 16.2. The Balaban J connectivity index is 1.30. The highest BCUT2D eigenvalue weighted by Crippen LogP contribution is 2.33. The number of hydrogen-bond acceptors (Lipinski definition) is 5. The molecule has 0 unspecified atom stereocenters. The van der Waals surface area contributed by atoms with Crippen molar-refractivity contribution in [2.75, 3.05) is 24.2 Å². The number of fused-ring (bicyclic) bond motifs is 1. The van der Waals surface area contributed by atoms with Gasteiger partial charge in [0.05, 0.1) is 16.9 Å². The van der Waals surface area contributed by atoms with Crippen LogP contribution in [0.5, 0.6) is 0 Å². The van der Waals surface area contributed by atoms with Gasteiger partial charge in [0.15, 0.2) is 0 Å². The van der Waals surface area contributed by atoms with Crippen molar-refractivity contribution < 1.29 is 18.0 Å². The van der Waals surface area contributed by atoms with Crippen LogP contribution in [0.25, 0.3) is 22.3 Å². The van der Waals surface area contributed by atoms with Crippen molar-refractivity contribution in [3.8, 4) is 11.3 Å². The fourth-order valence-electron chi connectivity index (χ4n) is 4.63. The van der Waals surface area contributed by atoms with Gasteiger partial charge in [-0.05, 0) is 60.6 Å². The van der Waals surface area contributed by atoms with Gasteiger partial charge in [-0.1, -0.05) is 24.3 Å². The van der Waals surface area contributed by atoms with Crippen LogP contribution in [0, 0.1) is 5.92 Å². The van der Waals surface area contributed by atoms with Gasteiger partial charge in [0.1, 0.15) is 17.8 Å². The predicted octanol–water partition coefficient (Wildman–Crippen LogP) is 5.90. The van der Waals surface area contributed by atoms with E-state index in [1.165, 1.54) is 23.4 Å². The van der Waals surface area contributed by atoms with Crippen LogP contribution in [-0.4, -0.2) is 40.2 Å². The lowest BCUT2D eigenvalue weighted by Gasteiger charge is -2.33. The summed E-state index contributed by atoms with van der Waals surface area (Å²) in [7, 11) is 0. The number of benzene rings is 2. The summed E-state index contributed by atoms with van der Waals surface area (Å²) >= 11 is 1.68. The van der Waals surface area contributed by atoms with Crippen molar-refractivity contribution in [3.05, 3.63) is 72.1 Å². The lowest BCUT2D eigenvalue weighted by atomic mass is 9.96.